The van der Waals surface area contributed by atoms with Crippen molar-refractivity contribution in [3.05, 3.63) is 0 Å². The van der Waals surface area contributed by atoms with Crippen LogP contribution < -0.4 is 0 Å². The van der Waals surface area contributed by atoms with Gasteiger partial charge < -0.3 is 28.6 Å². The number of ether oxygens (including phenoxy) is 5. The molecule has 0 amide bonds. The molecule has 0 N–H and O–H groups in total. The number of hydrogen-bond acceptors (Lipinski definition) is 11. The highest BCUT2D eigenvalue weighted by Gasteiger charge is 2.20. The molecule has 11 heteroatoms. The minimum absolute atomic E-state index is 0.0160. The van der Waals surface area contributed by atoms with Crippen LogP contribution in [0.2, 0.25) is 0 Å². The molecule has 0 aromatic rings. The zero-order chi connectivity index (χ0) is 48.0. The maximum atomic E-state index is 12.8. The van der Waals surface area contributed by atoms with Crippen LogP contribution in [0.5, 0.6) is 0 Å². The van der Waals surface area contributed by atoms with Crippen LogP contribution in [-0.4, -0.2) is 87.4 Å². The van der Waals surface area contributed by atoms with Gasteiger partial charge in [-0.2, -0.15) is 0 Å². The highest BCUT2D eigenvalue weighted by atomic mass is 16.6. The van der Waals surface area contributed by atoms with Gasteiger partial charge in [0.05, 0.1) is 6.61 Å². The average molecular weight is 924 g/mol. The second-order valence-corrected chi connectivity index (χ2v) is 19.0. The standard InChI is InChI=1S/C54H101NO10/c1-7-11-15-18-20-27-36-48(37-28-21-19-16-12-8-2)64-53(59)41-32-25-24-31-40-52(58)63-46-49(65-54(60)42-33-43-55(5)6)45-62-51(57)39-30-23-22-29-38-50(56)61-44-47(34-14-10-4)35-26-17-13-9-3/h47-49H,7-46H2,1-6H3. The first-order valence-corrected chi connectivity index (χ1v) is 27.0. The summed E-state index contributed by atoms with van der Waals surface area (Å²) in [5.74, 6) is -1.05. The Bertz CT molecular complexity index is 1130. The lowest BCUT2D eigenvalue weighted by molar-refractivity contribution is -0.167. The molecule has 0 radical (unpaired) electrons. The van der Waals surface area contributed by atoms with E-state index in [0.29, 0.717) is 44.6 Å². The Morgan fingerprint density at radius 2 is 0.662 bits per heavy atom. The van der Waals surface area contributed by atoms with Crippen LogP contribution in [0.4, 0.5) is 0 Å². The zero-order valence-corrected chi connectivity index (χ0v) is 43.0. The van der Waals surface area contributed by atoms with Crippen LogP contribution in [0.25, 0.3) is 0 Å². The van der Waals surface area contributed by atoms with Gasteiger partial charge in [0.1, 0.15) is 19.3 Å². The number of rotatable bonds is 48. The second-order valence-electron chi connectivity index (χ2n) is 19.0. The second kappa shape index (κ2) is 46.4. The van der Waals surface area contributed by atoms with Crippen molar-refractivity contribution in [1.82, 2.24) is 4.90 Å². The van der Waals surface area contributed by atoms with Crippen molar-refractivity contribution in [3.8, 4) is 0 Å². The first kappa shape index (κ1) is 62.3. The summed E-state index contributed by atoms with van der Waals surface area (Å²) in [6.07, 6.45) is 33.1. The molecular weight excluding hydrogens is 823 g/mol. The molecule has 0 aliphatic carbocycles. The Hall–Kier alpha value is -2.69. The molecule has 2 atom stereocenters. The van der Waals surface area contributed by atoms with Crippen LogP contribution in [0.3, 0.4) is 0 Å². The van der Waals surface area contributed by atoms with Gasteiger partial charge in [-0.05, 0) is 97.2 Å². The molecule has 0 aromatic carbocycles. The minimum Gasteiger partial charge on any atom is -0.465 e. The fourth-order valence-corrected chi connectivity index (χ4v) is 7.96. The van der Waals surface area contributed by atoms with Crippen molar-refractivity contribution in [3.63, 3.8) is 0 Å². The summed E-state index contributed by atoms with van der Waals surface area (Å²) in [4.78, 5) is 65.0. The summed E-state index contributed by atoms with van der Waals surface area (Å²) in [5.41, 5.74) is 0. The van der Waals surface area contributed by atoms with E-state index in [9.17, 15) is 24.0 Å². The van der Waals surface area contributed by atoms with Crippen molar-refractivity contribution < 1.29 is 47.7 Å². The lowest BCUT2D eigenvalue weighted by atomic mass is 9.96. The molecule has 0 saturated carbocycles. The maximum Gasteiger partial charge on any atom is 0.306 e. The molecule has 0 spiro atoms. The van der Waals surface area contributed by atoms with E-state index in [-0.39, 0.29) is 50.5 Å². The van der Waals surface area contributed by atoms with Crippen molar-refractivity contribution in [2.45, 2.75) is 271 Å². The summed E-state index contributed by atoms with van der Waals surface area (Å²) in [6.45, 7) is 9.73. The van der Waals surface area contributed by atoms with E-state index in [0.717, 1.165) is 96.4 Å². The summed E-state index contributed by atoms with van der Waals surface area (Å²) < 4.78 is 28.1. The highest BCUT2D eigenvalue weighted by Crippen LogP contribution is 2.20. The SMILES string of the molecule is CCCCCCCCC(CCCCCCCC)OC(=O)CCCCCCC(=O)OCC(COC(=O)CCCCCCC(=O)OCC(CCCC)CCCCCC)OC(=O)CCCN(C)C. The van der Waals surface area contributed by atoms with Crippen LogP contribution in [0.15, 0.2) is 0 Å². The van der Waals surface area contributed by atoms with Gasteiger partial charge in [0.2, 0.25) is 0 Å². The summed E-state index contributed by atoms with van der Waals surface area (Å²) in [5, 5.41) is 0. The van der Waals surface area contributed by atoms with Crippen molar-refractivity contribution in [1.29, 1.82) is 0 Å². The smallest absolute Gasteiger partial charge is 0.306 e. The number of carbonyl (C=O) groups excluding carboxylic acids is 5. The number of unbranched alkanes of at least 4 members (excludes halogenated alkanes) is 20. The molecule has 0 aliphatic rings. The normalized spacial score (nSPS) is 12.3. The van der Waals surface area contributed by atoms with Crippen LogP contribution in [-0.2, 0) is 47.7 Å². The van der Waals surface area contributed by atoms with Crippen LogP contribution >= 0.6 is 0 Å². The number of nitrogens with zero attached hydrogens (tertiary/aromatic N) is 1. The van der Waals surface area contributed by atoms with Gasteiger partial charge in [-0.1, -0.05) is 156 Å². The van der Waals surface area contributed by atoms with E-state index in [4.69, 9.17) is 23.7 Å². The Morgan fingerprint density at radius 1 is 0.338 bits per heavy atom. The molecule has 2 unspecified atom stereocenters. The average Bonchev–Trinajstić information content (AvgIpc) is 3.28. The number of esters is 5. The predicted octanol–water partition coefficient (Wildman–Crippen LogP) is 13.7. The zero-order valence-electron chi connectivity index (χ0n) is 43.0. The Kier molecular flexibility index (Phi) is 44.5. The molecule has 11 nitrogen and oxygen atoms in total. The van der Waals surface area contributed by atoms with E-state index >= 15 is 0 Å². The van der Waals surface area contributed by atoms with Gasteiger partial charge in [-0.3, -0.25) is 24.0 Å². The lowest BCUT2D eigenvalue weighted by Gasteiger charge is -2.18. The molecule has 65 heavy (non-hydrogen) atoms. The van der Waals surface area contributed by atoms with E-state index in [1.165, 1.54) is 89.9 Å². The molecule has 0 aromatic heterocycles. The van der Waals surface area contributed by atoms with Crippen molar-refractivity contribution in [2.24, 2.45) is 5.92 Å². The van der Waals surface area contributed by atoms with Crippen LogP contribution in [0.1, 0.15) is 259 Å². The van der Waals surface area contributed by atoms with Gasteiger partial charge in [-0.25, -0.2) is 0 Å². The third-order valence-corrected chi connectivity index (χ3v) is 12.1. The van der Waals surface area contributed by atoms with E-state index in [1.54, 1.807) is 0 Å². The van der Waals surface area contributed by atoms with Crippen molar-refractivity contribution in [2.75, 3.05) is 40.5 Å². The molecule has 382 valence electrons. The molecule has 0 fully saturated rings. The Labute approximate surface area is 398 Å². The van der Waals surface area contributed by atoms with Gasteiger partial charge in [0.15, 0.2) is 6.10 Å². The largest absolute Gasteiger partial charge is 0.465 e. The van der Waals surface area contributed by atoms with Crippen molar-refractivity contribution >= 4 is 29.8 Å². The fraction of sp³-hybridized carbons (Fsp3) is 0.907. The lowest BCUT2D eigenvalue weighted by Crippen LogP contribution is -2.31. The molecule has 0 saturated heterocycles. The van der Waals surface area contributed by atoms with Gasteiger partial charge >= 0.3 is 29.8 Å². The van der Waals surface area contributed by atoms with E-state index in [1.807, 2.05) is 19.0 Å². The Morgan fingerprint density at radius 3 is 1.11 bits per heavy atom. The molecule has 0 heterocycles. The van der Waals surface area contributed by atoms with Gasteiger partial charge in [-0.15, -0.1) is 0 Å². The third-order valence-electron chi connectivity index (χ3n) is 12.1. The summed E-state index contributed by atoms with van der Waals surface area (Å²) in [6, 6.07) is 0. The summed E-state index contributed by atoms with van der Waals surface area (Å²) in [7, 11) is 3.86. The Balaban J connectivity index is 4.60. The van der Waals surface area contributed by atoms with Gasteiger partial charge in [0.25, 0.3) is 0 Å². The summed E-state index contributed by atoms with van der Waals surface area (Å²) >= 11 is 0. The first-order chi connectivity index (χ1) is 31.5. The number of carbonyl (C=O) groups is 5. The maximum absolute atomic E-state index is 12.8. The number of hydrogen-bond donors (Lipinski definition) is 0. The molecule has 0 bridgehead atoms. The molecule has 0 aliphatic heterocycles. The van der Waals surface area contributed by atoms with E-state index < -0.39 is 24.0 Å². The molecular formula is C54H101NO10. The predicted molar refractivity (Wildman–Crippen MR) is 264 cm³/mol. The minimum atomic E-state index is -0.893. The molecule has 0 rings (SSSR count). The first-order valence-electron chi connectivity index (χ1n) is 27.0. The van der Waals surface area contributed by atoms with Crippen LogP contribution in [0, 0.1) is 5.92 Å². The highest BCUT2D eigenvalue weighted by molar-refractivity contribution is 5.71. The fourth-order valence-electron chi connectivity index (χ4n) is 7.96. The topological polar surface area (TPSA) is 135 Å². The van der Waals surface area contributed by atoms with Gasteiger partial charge in [0, 0.05) is 32.1 Å². The quantitative estimate of drug-likeness (QED) is 0.0328. The monoisotopic (exact) mass is 924 g/mol. The van der Waals surface area contributed by atoms with E-state index in [2.05, 4.69) is 27.7 Å². The third kappa shape index (κ3) is 43.6.